The maximum Gasteiger partial charge on any atom is 0.323 e. The van der Waals surface area contributed by atoms with E-state index < -0.39 is 12.0 Å². The fourth-order valence-electron chi connectivity index (χ4n) is 2.52. The zero-order valence-corrected chi connectivity index (χ0v) is 12.3. The third kappa shape index (κ3) is 3.44. The molecule has 0 saturated carbocycles. The lowest BCUT2D eigenvalue weighted by atomic mass is 10.0. The van der Waals surface area contributed by atoms with Gasteiger partial charge in [-0.15, -0.1) is 0 Å². The minimum atomic E-state index is -0.833. The van der Waals surface area contributed by atoms with E-state index in [-0.39, 0.29) is 0 Å². The SMILES string of the molecule is CC(=O)O.NC(=O)N1c2ccccc2CCc2ccccc21. The summed E-state index contributed by atoms with van der Waals surface area (Å²) in [5.41, 5.74) is 9.67. The molecule has 0 bridgehead atoms. The summed E-state index contributed by atoms with van der Waals surface area (Å²) in [6, 6.07) is 15.4. The lowest BCUT2D eigenvalue weighted by Crippen LogP contribution is -2.32. The van der Waals surface area contributed by atoms with Crippen molar-refractivity contribution in [2.75, 3.05) is 4.90 Å². The number of amides is 2. The van der Waals surface area contributed by atoms with Gasteiger partial charge in [-0.25, -0.2) is 4.79 Å². The Labute approximate surface area is 129 Å². The fraction of sp³-hybridized carbons (Fsp3) is 0.176. The van der Waals surface area contributed by atoms with Crippen molar-refractivity contribution in [1.82, 2.24) is 0 Å². The number of urea groups is 1. The molecule has 3 N–H and O–H groups in total. The molecule has 2 amide bonds. The highest BCUT2D eigenvalue weighted by molar-refractivity contribution is 6.00. The van der Waals surface area contributed by atoms with Crippen molar-refractivity contribution in [1.29, 1.82) is 0 Å². The number of nitrogens with two attached hydrogens (primary N) is 1. The summed E-state index contributed by atoms with van der Waals surface area (Å²) in [7, 11) is 0. The number of carbonyl (C=O) groups is 2. The Morgan fingerprint density at radius 2 is 1.32 bits per heavy atom. The normalized spacial score (nSPS) is 12.1. The van der Waals surface area contributed by atoms with Crippen LogP contribution in [0, 0.1) is 0 Å². The molecule has 5 heteroatoms. The maximum atomic E-state index is 11.8. The smallest absolute Gasteiger partial charge is 0.323 e. The van der Waals surface area contributed by atoms with Gasteiger partial charge in [0.15, 0.2) is 0 Å². The van der Waals surface area contributed by atoms with Gasteiger partial charge in [-0.1, -0.05) is 36.4 Å². The number of anilines is 2. The molecule has 22 heavy (non-hydrogen) atoms. The molecule has 114 valence electrons. The van der Waals surface area contributed by atoms with Crippen molar-refractivity contribution < 1.29 is 14.7 Å². The van der Waals surface area contributed by atoms with Crippen LogP contribution in [0.15, 0.2) is 48.5 Å². The van der Waals surface area contributed by atoms with Gasteiger partial charge in [-0.2, -0.15) is 0 Å². The molecular weight excluding hydrogens is 280 g/mol. The predicted octanol–water partition coefficient (Wildman–Crippen LogP) is 3.09. The van der Waals surface area contributed by atoms with E-state index in [0.29, 0.717) is 0 Å². The number of carbonyl (C=O) groups excluding carboxylic acids is 1. The molecular formula is C17H18N2O3. The highest BCUT2D eigenvalue weighted by atomic mass is 16.4. The number of nitrogens with zero attached hydrogens (tertiary/aromatic N) is 1. The summed E-state index contributed by atoms with van der Waals surface area (Å²) in [5, 5.41) is 7.42. The molecule has 0 unspecified atom stereocenters. The third-order valence-electron chi connectivity index (χ3n) is 3.35. The molecule has 0 spiro atoms. The first kappa shape index (κ1) is 15.6. The summed E-state index contributed by atoms with van der Waals surface area (Å²) < 4.78 is 0. The number of para-hydroxylation sites is 2. The number of primary amides is 1. The number of fused-ring (bicyclic) bond motifs is 2. The van der Waals surface area contributed by atoms with Crippen LogP contribution >= 0.6 is 0 Å². The van der Waals surface area contributed by atoms with E-state index in [1.807, 2.05) is 36.4 Å². The van der Waals surface area contributed by atoms with Crippen molar-refractivity contribution in [2.45, 2.75) is 19.8 Å². The predicted molar refractivity (Wildman–Crippen MR) is 85.3 cm³/mol. The van der Waals surface area contributed by atoms with Gasteiger partial charge >= 0.3 is 6.03 Å². The Hall–Kier alpha value is -2.82. The molecule has 2 aromatic rings. The molecule has 2 aromatic carbocycles. The van der Waals surface area contributed by atoms with Crippen LogP contribution in [0.4, 0.5) is 16.2 Å². The van der Waals surface area contributed by atoms with Gasteiger partial charge in [0.25, 0.3) is 5.97 Å². The molecule has 0 saturated heterocycles. The number of carboxylic acid groups (broad SMARTS) is 1. The first-order valence-electron chi connectivity index (χ1n) is 6.95. The summed E-state index contributed by atoms with van der Waals surface area (Å²) >= 11 is 0. The number of aliphatic carboxylic acids is 1. The van der Waals surface area contributed by atoms with Crippen LogP contribution in [0.2, 0.25) is 0 Å². The third-order valence-corrected chi connectivity index (χ3v) is 3.35. The van der Waals surface area contributed by atoms with Crippen molar-refractivity contribution >= 4 is 23.4 Å². The number of rotatable bonds is 0. The lowest BCUT2D eigenvalue weighted by Gasteiger charge is -2.22. The quantitative estimate of drug-likeness (QED) is 0.784. The Morgan fingerprint density at radius 1 is 0.955 bits per heavy atom. The van der Waals surface area contributed by atoms with Crippen LogP contribution in [0.25, 0.3) is 0 Å². The highest BCUT2D eigenvalue weighted by Crippen LogP contribution is 2.35. The highest BCUT2D eigenvalue weighted by Gasteiger charge is 2.23. The van der Waals surface area contributed by atoms with Crippen molar-refractivity contribution in [3.05, 3.63) is 59.7 Å². The summed E-state index contributed by atoms with van der Waals surface area (Å²) in [6.07, 6.45) is 1.86. The molecule has 1 heterocycles. The Kier molecular flexibility index (Phi) is 4.78. The molecule has 0 fully saturated rings. The van der Waals surface area contributed by atoms with Crippen LogP contribution in [0.3, 0.4) is 0 Å². The maximum absolute atomic E-state index is 11.8. The molecule has 0 atom stereocenters. The minimum Gasteiger partial charge on any atom is -0.481 e. The Morgan fingerprint density at radius 3 is 1.68 bits per heavy atom. The number of carboxylic acids is 1. The summed E-state index contributed by atoms with van der Waals surface area (Å²) in [5.74, 6) is -0.833. The van der Waals surface area contributed by atoms with E-state index in [0.717, 1.165) is 42.3 Å². The summed E-state index contributed by atoms with van der Waals surface area (Å²) in [6.45, 7) is 1.08. The zero-order valence-electron chi connectivity index (χ0n) is 12.3. The van der Waals surface area contributed by atoms with Gasteiger partial charge < -0.3 is 10.8 Å². The fourth-order valence-corrected chi connectivity index (χ4v) is 2.52. The second kappa shape index (κ2) is 6.76. The van der Waals surface area contributed by atoms with Gasteiger partial charge in [-0.05, 0) is 36.1 Å². The van der Waals surface area contributed by atoms with Crippen LogP contribution < -0.4 is 10.6 Å². The monoisotopic (exact) mass is 298 g/mol. The lowest BCUT2D eigenvalue weighted by molar-refractivity contribution is -0.134. The molecule has 0 aromatic heterocycles. The zero-order chi connectivity index (χ0) is 16.1. The molecule has 1 aliphatic heterocycles. The van der Waals surface area contributed by atoms with Crippen LogP contribution in [-0.4, -0.2) is 17.1 Å². The second-order valence-electron chi connectivity index (χ2n) is 4.95. The van der Waals surface area contributed by atoms with E-state index in [4.69, 9.17) is 15.6 Å². The molecule has 5 nitrogen and oxygen atoms in total. The van der Waals surface area contributed by atoms with Gasteiger partial charge in [0.2, 0.25) is 0 Å². The average molecular weight is 298 g/mol. The standard InChI is InChI=1S/C15H14N2O.C2H4O2/c16-15(18)17-13-7-3-1-5-11(13)9-10-12-6-2-4-8-14(12)17;1-2(3)4/h1-8H,9-10H2,(H2,16,18);1H3,(H,3,4). The molecule has 0 radical (unpaired) electrons. The second-order valence-corrected chi connectivity index (χ2v) is 4.95. The van der Waals surface area contributed by atoms with Gasteiger partial charge in [-0.3, -0.25) is 9.69 Å². The van der Waals surface area contributed by atoms with Crippen molar-refractivity contribution in [2.24, 2.45) is 5.73 Å². The van der Waals surface area contributed by atoms with Gasteiger partial charge in [0.05, 0.1) is 11.4 Å². The van der Waals surface area contributed by atoms with Crippen molar-refractivity contribution in [3.63, 3.8) is 0 Å². The van der Waals surface area contributed by atoms with Gasteiger partial charge in [0, 0.05) is 6.92 Å². The van der Waals surface area contributed by atoms with Crippen LogP contribution in [-0.2, 0) is 17.6 Å². The largest absolute Gasteiger partial charge is 0.481 e. The number of aryl methyl sites for hydroxylation is 2. The van der Waals surface area contributed by atoms with E-state index in [1.54, 1.807) is 4.90 Å². The topological polar surface area (TPSA) is 83.6 Å². The number of benzene rings is 2. The molecule has 3 rings (SSSR count). The van der Waals surface area contributed by atoms with Crippen LogP contribution in [0.5, 0.6) is 0 Å². The number of hydrogen-bond donors (Lipinski definition) is 2. The van der Waals surface area contributed by atoms with Crippen molar-refractivity contribution in [3.8, 4) is 0 Å². The molecule has 1 aliphatic rings. The number of hydrogen-bond acceptors (Lipinski definition) is 2. The first-order chi connectivity index (χ1) is 10.5. The van der Waals surface area contributed by atoms with E-state index in [9.17, 15) is 4.79 Å². The Bertz CT molecular complexity index is 646. The van der Waals surface area contributed by atoms with Gasteiger partial charge in [0.1, 0.15) is 0 Å². The average Bonchev–Trinajstić information content (AvgIpc) is 2.63. The van der Waals surface area contributed by atoms with E-state index in [1.165, 1.54) is 0 Å². The first-order valence-corrected chi connectivity index (χ1v) is 6.95. The molecule has 0 aliphatic carbocycles. The van der Waals surface area contributed by atoms with Crippen LogP contribution in [0.1, 0.15) is 18.1 Å². The summed E-state index contributed by atoms with van der Waals surface area (Å²) in [4.78, 5) is 22.4. The van der Waals surface area contributed by atoms with E-state index in [2.05, 4.69) is 12.1 Å². The Balaban J connectivity index is 0.000000396. The minimum absolute atomic E-state index is 0.434. The van der Waals surface area contributed by atoms with E-state index >= 15 is 0 Å².